The van der Waals surface area contributed by atoms with E-state index in [4.69, 9.17) is 4.42 Å². The topological polar surface area (TPSA) is 25.2 Å². The molecule has 1 heterocycles. The number of hydrogen-bond donors (Lipinski definition) is 1. The summed E-state index contributed by atoms with van der Waals surface area (Å²) in [6.45, 7) is 0.907. The van der Waals surface area contributed by atoms with E-state index < -0.39 is 0 Å². The van der Waals surface area contributed by atoms with Crippen LogP contribution in [0.25, 0.3) is 0 Å². The largest absolute Gasteiger partial charge is 0.472 e. The Morgan fingerprint density at radius 2 is 1.89 bits per heavy atom. The molecule has 2 heteroatoms. The highest BCUT2D eigenvalue weighted by Gasteiger charge is 2.25. The van der Waals surface area contributed by atoms with Crippen LogP contribution in [0.1, 0.15) is 42.7 Å². The third kappa shape index (κ3) is 3.07. The molecule has 100 valence electrons. The number of benzene rings is 1. The monoisotopic (exact) mass is 255 g/mol. The van der Waals surface area contributed by atoms with Crippen molar-refractivity contribution in [1.82, 2.24) is 5.32 Å². The first-order valence-corrected chi connectivity index (χ1v) is 7.23. The van der Waals surface area contributed by atoms with E-state index in [9.17, 15) is 0 Å². The Balaban J connectivity index is 1.67. The fourth-order valence-corrected chi connectivity index (χ4v) is 3.12. The Kier molecular flexibility index (Phi) is 3.99. The summed E-state index contributed by atoms with van der Waals surface area (Å²) >= 11 is 0. The Hall–Kier alpha value is -1.54. The van der Waals surface area contributed by atoms with Crippen LogP contribution in [0, 0.1) is 0 Å². The zero-order valence-electron chi connectivity index (χ0n) is 11.2. The zero-order chi connectivity index (χ0) is 12.9. The van der Waals surface area contributed by atoms with Gasteiger partial charge in [0.1, 0.15) is 0 Å². The van der Waals surface area contributed by atoms with E-state index in [1.807, 2.05) is 12.3 Å². The van der Waals surface area contributed by atoms with Crippen LogP contribution in [-0.4, -0.2) is 6.04 Å². The average molecular weight is 255 g/mol. The number of furan rings is 1. The molecule has 1 saturated carbocycles. The van der Waals surface area contributed by atoms with Crippen molar-refractivity contribution in [2.45, 2.75) is 44.2 Å². The molecule has 2 aromatic rings. The second kappa shape index (κ2) is 6.07. The van der Waals surface area contributed by atoms with Crippen LogP contribution in [0.4, 0.5) is 0 Å². The van der Waals surface area contributed by atoms with Crippen molar-refractivity contribution in [1.29, 1.82) is 0 Å². The van der Waals surface area contributed by atoms with Gasteiger partial charge < -0.3 is 9.73 Å². The summed E-state index contributed by atoms with van der Waals surface area (Å²) in [5.41, 5.74) is 2.71. The van der Waals surface area contributed by atoms with E-state index in [-0.39, 0.29) is 0 Å². The lowest BCUT2D eigenvalue weighted by Crippen LogP contribution is -2.36. The van der Waals surface area contributed by atoms with Gasteiger partial charge in [-0.3, -0.25) is 0 Å². The molecule has 2 atom stereocenters. The summed E-state index contributed by atoms with van der Waals surface area (Å²) in [6.07, 6.45) is 8.83. The van der Waals surface area contributed by atoms with Gasteiger partial charge in [-0.2, -0.15) is 0 Å². The second-order valence-corrected chi connectivity index (χ2v) is 5.42. The van der Waals surface area contributed by atoms with Gasteiger partial charge in [0.15, 0.2) is 0 Å². The molecule has 0 bridgehead atoms. The van der Waals surface area contributed by atoms with Crippen LogP contribution in [0.5, 0.6) is 0 Å². The molecule has 1 fully saturated rings. The van der Waals surface area contributed by atoms with Gasteiger partial charge in [-0.15, -0.1) is 0 Å². The standard InChI is InChI=1S/C17H21NO/c1-2-6-15(7-3-1)16-8-4-5-9-17(16)18-12-14-10-11-19-13-14/h1-3,6-7,10-11,13,16-18H,4-5,8-9,12H2. The predicted octanol–water partition coefficient (Wildman–Crippen LogP) is 4.10. The molecule has 1 aliphatic rings. The van der Waals surface area contributed by atoms with Crippen molar-refractivity contribution in [3.63, 3.8) is 0 Å². The van der Waals surface area contributed by atoms with E-state index in [0.29, 0.717) is 12.0 Å². The molecular weight excluding hydrogens is 234 g/mol. The van der Waals surface area contributed by atoms with Crippen LogP contribution in [-0.2, 0) is 6.54 Å². The third-order valence-electron chi connectivity index (χ3n) is 4.14. The molecule has 0 radical (unpaired) electrons. The van der Waals surface area contributed by atoms with E-state index >= 15 is 0 Å². The first-order valence-electron chi connectivity index (χ1n) is 7.23. The molecule has 19 heavy (non-hydrogen) atoms. The van der Waals surface area contributed by atoms with Crippen molar-refractivity contribution in [3.8, 4) is 0 Å². The van der Waals surface area contributed by atoms with E-state index in [1.54, 1.807) is 6.26 Å². The second-order valence-electron chi connectivity index (χ2n) is 5.42. The van der Waals surface area contributed by atoms with Gasteiger partial charge >= 0.3 is 0 Å². The van der Waals surface area contributed by atoms with Gasteiger partial charge in [0, 0.05) is 18.2 Å². The Morgan fingerprint density at radius 3 is 2.68 bits per heavy atom. The van der Waals surface area contributed by atoms with Crippen molar-refractivity contribution < 1.29 is 4.42 Å². The summed E-state index contributed by atoms with van der Waals surface area (Å²) < 4.78 is 5.13. The summed E-state index contributed by atoms with van der Waals surface area (Å²) in [7, 11) is 0. The van der Waals surface area contributed by atoms with E-state index in [2.05, 4.69) is 35.6 Å². The maximum atomic E-state index is 5.13. The van der Waals surface area contributed by atoms with E-state index in [1.165, 1.54) is 36.8 Å². The van der Waals surface area contributed by atoms with Gasteiger partial charge in [-0.1, -0.05) is 43.2 Å². The molecule has 1 aromatic carbocycles. The van der Waals surface area contributed by atoms with Crippen molar-refractivity contribution in [2.75, 3.05) is 0 Å². The molecule has 0 saturated heterocycles. The average Bonchev–Trinajstić information content (AvgIpc) is 3.00. The lowest BCUT2D eigenvalue weighted by Gasteiger charge is -2.32. The highest BCUT2D eigenvalue weighted by atomic mass is 16.3. The van der Waals surface area contributed by atoms with Gasteiger partial charge in [-0.05, 0) is 30.4 Å². The van der Waals surface area contributed by atoms with Crippen LogP contribution >= 0.6 is 0 Å². The molecule has 1 aliphatic carbocycles. The normalized spacial score (nSPS) is 23.4. The fraction of sp³-hybridized carbons (Fsp3) is 0.412. The van der Waals surface area contributed by atoms with Crippen LogP contribution in [0.2, 0.25) is 0 Å². The molecule has 0 spiro atoms. The van der Waals surface area contributed by atoms with Crippen molar-refractivity contribution >= 4 is 0 Å². The number of hydrogen-bond acceptors (Lipinski definition) is 2. The lowest BCUT2D eigenvalue weighted by molar-refractivity contribution is 0.326. The number of nitrogens with one attached hydrogen (secondary N) is 1. The first-order chi connectivity index (χ1) is 9.43. The third-order valence-corrected chi connectivity index (χ3v) is 4.14. The smallest absolute Gasteiger partial charge is 0.0947 e. The summed E-state index contributed by atoms with van der Waals surface area (Å²) in [6, 6.07) is 13.6. The van der Waals surface area contributed by atoms with Gasteiger partial charge in [0.05, 0.1) is 12.5 Å². The molecule has 0 aliphatic heterocycles. The predicted molar refractivity (Wildman–Crippen MR) is 77.0 cm³/mol. The molecule has 0 amide bonds. The minimum Gasteiger partial charge on any atom is -0.472 e. The SMILES string of the molecule is c1ccc(C2CCCCC2NCc2ccoc2)cc1. The summed E-state index contributed by atoms with van der Waals surface area (Å²) in [4.78, 5) is 0. The Bertz CT molecular complexity index is 477. The quantitative estimate of drug-likeness (QED) is 0.890. The van der Waals surface area contributed by atoms with Gasteiger partial charge in [-0.25, -0.2) is 0 Å². The van der Waals surface area contributed by atoms with Crippen LogP contribution in [0.3, 0.4) is 0 Å². The molecule has 1 N–H and O–H groups in total. The van der Waals surface area contributed by atoms with E-state index in [0.717, 1.165) is 6.54 Å². The minimum absolute atomic E-state index is 0.589. The molecule has 1 aromatic heterocycles. The first kappa shape index (κ1) is 12.5. The maximum Gasteiger partial charge on any atom is 0.0947 e. The fourth-order valence-electron chi connectivity index (χ4n) is 3.12. The molecule has 2 nitrogen and oxygen atoms in total. The Labute approximate surface area is 114 Å². The molecular formula is C17H21NO. The summed E-state index contributed by atoms with van der Waals surface area (Å²) in [5, 5.41) is 3.71. The van der Waals surface area contributed by atoms with Crippen LogP contribution in [0.15, 0.2) is 53.3 Å². The summed E-state index contributed by atoms with van der Waals surface area (Å²) in [5.74, 6) is 0.654. The Morgan fingerprint density at radius 1 is 1.05 bits per heavy atom. The van der Waals surface area contributed by atoms with Gasteiger partial charge in [0.2, 0.25) is 0 Å². The minimum atomic E-state index is 0.589. The number of rotatable bonds is 4. The van der Waals surface area contributed by atoms with Crippen molar-refractivity contribution in [3.05, 3.63) is 60.1 Å². The van der Waals surface area contributed by atoms with Crippen LogP contribution < -0.4 is 5.32 Å². The molecule has 3 rings (SSSR count). The lowest BCUT2D eigenvalue weighted by atomic mass is 9.80. The maximum absolute atomic E-state index is 5.13. The highest BCUT2D eigenvalue weighted by Crippen LogP contribution is 2.33. The molecule has 2 unspecified atom stereocenters. The zero-order valence-corrected chi connectivity index (χ0v) is 11.2. The van der Waals surface area contributed by atoms with Crippen molar-refractivity contribution in [2.24, 2.45) is 0 Å². The van der Waals surface area contributed by atoms with Gasteiger partial charge in [0.25, 0.3) is 0 Å². The highest BCUT2D eigenvalue weighted by molar-refractivity contribution is 5.22.